The number of amides is 1. The van der Waals surface area contributed by atoms with Crippen molar-refractivity contribution in [3.05, 3.63) is 23.8 Å². The molecule has 2 saturated carbocycles. The Hall–Kier alpha value is -1.46. The Kier molecular flexibility index (Phi) is 8.24. The molecular weight excluding hydrogens is 364 g/mol. The number of methoxy groups -OCH3 is 1. The van der Waals surface area contributed by atoms with Gasteiger partial charge in [-0.3, -0.25) is 4.79 Å². The third-order valence-electron chi connectivity index (χ3n) is 5.73. The van der Waals surface area contributed by atoms with Crippen molar-refractivity contribution in [2.45, 2.75) is 76.5 Å². The molecular formula is C21H33ClN2O3. The average molecular weight is 397 g/mol. The third-order valence-corrected chi connectivity index (χ3v) is 5.73. The molecule has 2 fully saturated rings. The van der Waals surface area contributed by atoms with Crippen LogP contribution < -0.4 is 20.5 Å². The fourth-order valence-corrected chi connectivity index (χ4v) is 4.12. The van der Waals surface area contributed by atoms with Crippen LogP contribution >= 0.6 is 12.4 Å². The largest absolute Gasteiger partial charge is 0.493 e. The maximum Gasteiger partial charge on any atom is 0.223 e. The van der Waals surface area contributed by atoms with Crippen LogP contribution in [0.15, 0.2) is 18.2 Å². The molecule has 0 heterocycles. The maximum atomic E-state index is 12.6. The number of rotatable bonds is 6. The Balaban J connectivity index is 0.00000261. The van der Waals surface area contributed by atoms with Gasteiger partial charge in [-0.25, -0.2) is 0 Å². The zero-order valence-electron chi connectivity index (χ0n) is 16.4. The van der Waals surface area contributed by atoms with Crippen LogP contribution in [0.3, 0.4) is 0 Å². The number of nitrogens with two attached hydrogens (primary N) is 1. The minimum Gasteiger partial charge on any atom is -0.493 e. The minimum atomic E-state index is -0.0740. The predicted octanol–water partition coefficient (Wildman–Crippen LogP) is 4.13. The van der Waals surface area contributed by atoms with Gasteiger partial charge < -0.3 is 20.5 Å². The van der Waals surface area contributed by atoms with E-state index in [0.717, 1.165) is 55.6 Å². The van der Waals surface area contributed by atoms with Crippen LogP contribution in [-0.2, 0) is 4.79 Å². The second-order valence-corrected chi connectivity index (χ2v) is 7.79. The number of ether oxygens (including phenoxy) is 2. The first kappa shape index (κ1) is 21.8. The molecule has 3 rings (SSSR count). The maximum absolute atomic E-state index is 12.6. The van der Waals surface area contributed by atoms with Crippen LogP contribution in [0.2, 0.25) is 0 Å². The normalized spacial score (nSPS) is 24.0. The first-order valence-electron chi connectivity index (χ1n) is 9.97. The molecule has 0 radical (unpaired) electrons. The lowest BCUT2D eigenvalue weighted by molar-refractivity contribution is -0.126. The van der Waals surface area contributed by atoms with Crippen LogP contribution in [0.1, 0.15) is 69.9 Å². The number of hydrogen-bond acceptors (Lipinski definition) is 4. The zero-order valence-corrected chi connectivity index (χ0v) is 17.2. The van der Waals surface area contributed by atoms with E-state index in [1.807, 2.05) is 25.1 Å². The molecule has 152 valence electrons. The van der Waals surface area contributed by atoms with Gasteiger partial charge in [0, 0.05) is 12.0 Å². The third kappa shape index (κ3) is 5.76. The number of carbonyl (C=O) groups is 1. The summed E-state index contributed by atoms with van der Waals surface area (Å²) in [5.74, 6) is 1.67. The van der Waals surface area contributed by atoms with E-state index in [1.54, 1.807) is 7.11 Å². The second-order valence-electron chi connectivity index (χ2n) is 7.79. The summed E-state index contributed by atoms with van der Waals surface area (Å²) in [5.41, 5.74) is 7.04. The number of nitrogens with one attached hydrogen (secondary N) is 1. The van der Waals surface area contributed by atoms with Crippen molar-refractivity contribution in [1.82, 2.24) is 5.32 Å². The first-order valence-corrected chi connectivity index (χ1v) is 9.97. The van der Waals surface area contributed by atoms with Crippen molar-refractivity contribution in [3.8, 4) is 11.5 Å². The zero-order chi connectivity index (χ0) is 18.5. The number of hydrogen-bond donors (Lipinski definition) is 2. The Morgan fingerprint density at radius 2 is 1.89 bits per heavy atom. The van der Waals surface area contributed by atoms with E-state index in [-0.39, 0.29) is 36.3 Å². The van der Waals surface area contributed by atoms with E-state index in [0.29, 0.717) is 6.10 Å². The second kappa shape index (κ2) is 10.2. The Morgan fingerprint density at radius 1 is 1.15 bits per heavy atom. The molecule has 5 nitrogen and oxygen atoms in total. The molecule has 2 aliphatic carbocycles. The topological polar surface area (TPSA) is 73.6 Å². The Morgan fingerprint density at radius 3 is 2.56 bits per heavy atom. The minimum absolute atomic E-state index is 0. The van der Waals surface area contributed by atoms with Crippen LogP contribution in [0, 0.1) is 5.92 Å². The van der Waals surface area contributed by atoms with Crippen LogP contribution in [0.5, 0.6) is 11.5 Å². The van der Waals surface area contributed by atoms with E-state index in [1.165, 1.54) is 12.8 Å². The van der Waals surface area contributed by atoms with E-state index in [9.17, 15) is 4.79 Å². The summed E-state index contributed by atoms with van der Waals surface area (Å²) in [4.78, 5) is 12.6. The SMILES string of the molecule is COc1cc(C(C)NC(=O)C2CCCC(N)C2)ccc1OC1CCCC1.Cl. The van der Waals surface area contributed by atoms with Gasteiger partial charge >= 0.3 is 0 Å². The Labute approximate surface area is 168 Å². The van der Waals surface area contributed by atoms with Crippen LogP contribution in [-0.4, -0.2) is 25.2 Å². The molecule has 6 heteroatoms. The summed E-state index contributed by atoms with van der Waals surface area (Å²) in [6.45, 7) is 2.01. The monoisotopic (exact) mass is 396 g/mol. The molecule has 27 heavy (non-hydrogen) atoms. The summed E-state index contributed by atoms with van der Waals surface area (Å²) in [5, 5.41) is 3.14. The van der Waals surface area contributed by atoms with Crippen molar-refractivity contribution >= 4 is 18.3 Å². The molecule has 0 saturated heterocycles. The molecule has 3 N–H and O–H groups in total. The smallest absolute Gasteiger partial charge is 0.223 e. The molecule has 3 unspecified atom stereocenters. The van der Waals surface area contributed by atoms with E-state index < -0.39 is 0 Å². The highest BCUT2D eigenvalue weighted by molar-refractivity contribution is 5.85. The van der Waals surface area contributed by atoms with E-state index in [2.05, 4.69) is 5.32 Å². The van der Waals surface area contributed by atoms with Gasteiger partial charge in [0.15, 0.2) is 11.5 Å². The lowest BCUT2D eigenvalue weighted by atomic mass is 9.85. The van der Waals surface area contributed by atoms with Crippen LogP contribution in [0.25, 0.3) is 0 Å². The van der Waals surface area contributed by atoms with Gasteiger partial charge in [-0.1, -0.05) is 12.5 Å². The molecule has 1 aromatic rings. The predicted molar refractivity (Wildman–Crippen MR) is 110 cm³/mol. The van der Waals surface area contributed by atoms with Crippen molar-refractivity contribution in [2.24, 2.45) is 11.7 Å². The first-order chi connectivity index (χ1) is 12.6. The molecule has 0 aliphatic heterocycles. The fourth-order valence-electron chi connectivity index (χ4n) is 4.12. The van der Waals surface area contributed by atoms with Crippen molar-refractivity contribution in [3.63, 3.8) is 0 Å². The highest BCUT2D eigenvalue weighted by Gasteiger charge is 2.26. The quantitative estimate of drug-likeness (QED) is 0.758. The lowest BCUT2D eigenvalue weighted by Gasteiger charge is -2.27. The molecule has 3 atom stereocenters. The van der Waals surface area contributed by atoms with Gasteiger partial charge in [0.1, 0.15) is 0 Å². The Bertz CT molecular complexity index is 619. The standard InChI is InChI=1S/C21H32N2O3.ClH/c1-14(23-21(24)16-6-5-7-17(22)12-16)15-10-11-19(20(13-15)25-2)26-18-8-3-4-9-18;/h10-11,13-14,16-18H,3-9,12,22H2,1-2H3,(H,23,24);1H. The van der Waals surface area contributed by atoms with Crippen molar-refractivity contribution in [1.29, 1.82) is 0 Å². The molecule has 0 spiro atoms. The van der Waals surface area contributed by atoms with Gasteiger partial charge in [-0.2, -0.15) is 0 Å². The summed E-state index contributed by atoms with van der Waals surface area (Å²) >= 11 is 0. The van der Waals surface area contributed by atoms with Crippen molar-refractivity contribution in [2.75, 3.05) is 7.11 Å². The average Bonchev–Trinajstić information content (AvgIpc) is 3.15. The summed E-state index contributed by atoms with van der Waals surface area (Å²) in [6.07, 6.45) is 8.77. The highest BCUT2D eigenvalue weighted by atomic mass is 35.5. The highest BCUT2D eigenvalue weighted by Crippen LogP contribution is 2.34. The van der Waals surface area contributed by atoms with Crippen molar-refractivity contribution < 1.29 is 14.3 Å². The van der Waals surface area contributed by atoms with Gasteiger partial charge in [0.05, 0.1) is 19.3 Å². The number of halogens is 1. The molecule has 1 aromatic carbocycles. The molecule has 2 aliphatic rings. The summed E-state index contributed by atoms with van der Waals surface area (Å²) < 4.78 is 11.6. The van der Waals surface area contributed by atoms with Crippen LogP contribution in [0.4, 0.5) is 0 Å². The van der Waals surface area contributed by atoms with Gasteiger partial charge in [0.25, 0.3) is 0 Å². The summed E-state index contributed by atoms with van der Waals surface area (Å²) in [6, 6.07) is 6.04. The van der Waals surface area contributed by atoms with Gasteiger partial charge in [-0.05, 0) is 69.6 Å². The number of carbonyl (C=O) groups excluding carboxylic acids is 1. The molecule has 0 aromatic heterocycles. The molecule has 1 amide bonds. The van der Waals surface area contributed by atoms with Gasteiger partial charge in [-0.15, -0.1) is 12.4 Å². The summed E-state index contributed by atoms with van der Waals surface area (Å²) in [7, 11) is 1.66. The fraction of sp³-hybridized carbons (Fsp3) is 0.667. The molecule has 0 bridgehead atoms. The lowest BCUT2D eigenvalue weighted by Crippen LogP contribution is -2.38. The number of benzene rings is 1. The van der Waals surface area contributed by atoms with Gasteiger partial charge in [0.2, 0.25) is 5.91 Å². The van der Waals surface area contributed by atoms with E-state index in [4.69, 9.17) is 15.2 Å². The van der Waals surface area contributed by atoms with E-state index >= 15 is 0 Å².